The van der Waals surface area contributed by atoms with Crippen LogP contribution in [-0.4, -0.2) is 11.8 Å². The predicted octanol–water partition coefficient (Wildman–Crippen LogP) is 4.33. The van der Waals surface area contributed by atoms with Crippen molar-refractivity contribution in [3.63, 3.8) is 0 Å². The van der Waals surface area contributed by atoms with Gasteiger partial charge in [-0.3, -0.25) is 9.59 Å². The molecule has 132 valence electrons. The van der Waals surface area contributed by atoms with E-state index in [0.717, 1.165) is 9.35 Å². The molecule has 1 heterocycles. The van der Waals surface area contributed by atoms with Crippen molar-refractivity contribution in [1.82, 2.24) is 5.32 Å². The highest BCUT2D eigenvalue weighted by Crippen LogP contribution is 2.22. The van der Waals surface area contributed by atoms with Crippen LogP contribution in [0.2, 0.25) is 0 Å². The van der Waals surface area contributed by atoms with E-state index in [0.29, 0.717) is 29.2 Å². The number of nitrogens with one attached hydrogen (secondary N) is 1. The molecule has 0 saturated heterocycles. The summed E-state index contributed by atoms with van der Waals surface area (Å²) in [7, 11) is 0. The number of thiophene rings is 1. The molecule has 1 aromatic heterocycles. The van der Waals surface area contributed by atoms with E-state index in [-0.39, 0.29) is 5.91 Å². The first-order chi connectivity index (χ1) is 12.5. The van der Waals surface area contributed by atoms with Gasteiger partial charge in [0.15, 0.2) is 0 Å². The smallest absolute Gasteiger partial charge is 0.251 e. The molecule has 7 heteroatoms. The Morgan fingerprint density at radius 1 is 1.00 bits per heavy atom. The summed E-state index contributed by atoms with van der Waals surface area (Å²) >= 11 is 4.97. The molecular weight excluding hydrogens is 416 g/mol. The molecule has 0 fully saturated rings. The lowest BCUT2D eigenvalue weighted by atomic mass is 10.2. The summed E-state index contributed by atoms with van der Waals surface area (Å²) in [5.74, 6) is 0.541. The van der Waals surface area contributed by atoms with Gasteiger partial charge in [0, 0.05) is 25.9 Å². The van der Waals surface area contributed by atoms with Crippen molar-refractivity contribution < 1.29 is 14.3 Å². The van der Waals surface area contributed by atoms with E-state index in [4.69, 9.17) is 10.5 Å². The van der Waals surface area contributed by atoms with Gasteiger partial charge in [-0.2, -0.15) is 0 Å². The molecule has 3 aromatic rings. The second-order valence-corrected chi connectivity index (χ2v) is 7.34. The number of hydrogen-bond acceptors (Lipinski definition) is 4. The molecular formula is C19H15BrN2O3S. The monoisotopic (exact) mass is 430 g/mol. The standard InChI is InChI=1S/C19H15BrN2O3S/c20-14-9-17(26-11-14)10-22-19(24)13-3-7-16(8-4-13)25-15-5-1-12(2-6-15)18(21)23/h1-9,11H,10H2,(H2,21,23)(H,22,24). The number of primary amides is 1. The second-order valence-electron chi connectivity index (χ2n) is 5.43. The molecule has 0 aliphatic carbocycles. The van der Waals surface area contributed by atoms with Crippen LogP contribution >= 0.6 is 27.3 Å². The maximum Gasteiger partial charge on any atom is 0.251 e. The lowest BCUT2D eigenvalue weighted by molar-refractivity contribution is 0.0950. The fourth-order valence-corrected chi connectivity index (χ4v) is 3.60. The molecule has 0 atom stereocenters. The summed E-state index contributed by atoms with van der Waals surface area (Å²) in [6.07, 6.45) is 0. The third kappa shape index (κ3) is 4.71. The van der Waals surface area contributed by atoms with E-state index in [1.54, 1.807) is 59.9 Å². The maximum atomic E-state index is 12.2. The number of ether oxygens (including phenoxy) is 1. The summed E-state index contributed by atoms with van der Waals surface area (Å²) in [4.78, 5) is 24.3. The summed E-state index contributed by atoms with van der Waals surface area (Å²) in [5.41, 5.74) is 6.18. The van der Waals surface area contributed by atoms with E-state index in [1.807, 2.05) is 11.4 Å². The van der Waals surface area contributed by atoms with Crippen LogP contribution in [0.15, 0.2) is 64.5 Å². The van der Waals surface area contributed by atoms with Gasteiger partial charge in [-0.25, -0.2) is 0 Å². The topological polar surface area (TPSA) is 81.4 Å². The number of halogens is 1. The van der Waals surface area contributed by atoms with Crippen LogP contribution in [0.3, 0.4) is 0 Å². The Bertz CT molecular complexity index is 921. The highest BCUT2D eigenvalue weighted by Gasteiger charge is 2.07. The molecule has 0 saturated carbocycles. The van der Waals surface area contributed by atoms with Gasteiger partial charge in [0.05, 0.1) is 6.54 Å². The van der Waals surface area contributed by atoms with Crippen LogP contribution in [0.5, 0.6) is 11.5 Å². The fraction of sp³-hybridized carbons (Fsp3) is 0.0526. The molecule has 2 amide bonds. The summed E-state index contributed by atoms with van der Waals surface area (Å²) in [5, 5.41) is 4.86. The highest BCUT2D eigenvalue weighted by atomic mass is 79.9. The molecule has 2 aromatic carbocycles. The van der Waals surface area contributed by atoms with Crippen molar-refractivity contribution >= 4 is 39.1 Å². The Labute approximate surface area is 162 Å². The number of carbonyl (C=O) groups excluding carboxylic acids is 2. The van der Waals surface area contributed by atoms with Crippen molar-refractivity contribution in [3.8, 4) is 11.5 Å². The molecule has 5 nitrogen and oxygen atoms in total. The van der Waals surface area contributed by atoms with Crippen LogP contribution < -0.4 is 15.8 Å². The zero-order valence-electron chi connectivity index (χ0n) is 13.6. The first-order valence-electron chi connectivity index (χ1n) is 7.70. The number of nitrogens with two attached hydrogens (primary N) is 1. The average molecular weight is 431 g/mol. The molecule has 0 bridgehead atoms. The Hall–Kier alpha value is -2.64. The number of benzene rings is 2. The van der Waals surface area contributed by atoms with Gasteiger partial charge in [-0.1, -0.05) is 0 Å². The highest BCUT2D eigenvalue weighted by molar-refractivity contribution is 9.10. The summed E-state index contributed by atoms with van der Waals surface area (Å²) in [6, 6.07) is 15.4. The molecule has 0 unspecified atom stereocenters. The van der Waals surface area contributed by atoms with Gasteiger partial charge in [0.2, 0.25) is 5.91 Å². The Balaban J connectivity index is 1.58. The molecule has 26 heavy (non-hydrogen) atoms. The minimum absolute atomic E-state index is 0.146. The van der Waals surface area contributed by atoms with Crippen LogP contribution in [0.4, 0.5) is 0 Å². The van der Waals surface area contributed by atoms with E-state index in [9.17, 15) is 9.59 Å². The quantitative estimate of drug-likeness (QED) is 0.610. The SMILES string of the molecule is NC(=O)c1ccc(Oc2ccc(C(=O)NCc3cc(Br)cs3)cc2)cc1. The number of amides is 2. The molecule has 3 rings (SSSR count). The normalized spacial score (nSPS) is 10.3. The van der Waals surface area contributed by atoms with Gasteiger partial charge in [-0.05, 0) is 70.5 Å². The molecule has 0 aliphatic heterocycles. The van der Waals surface area contributed by atoms with Crippen molar-refractivity contribution in [1.29, 1.82) is 0 Å². The third-order valence-corrected chi connectivity index (χ3v) is 5.23. The van der Waals surface area contributed by atoms with Gasteiger partial charge in [-0.15, -0.1) is 11.3 Å². The fourth-order valence-electron chi connectivity index (χ4n) is 2.21. The van der Waals surface area contributed by atoms with E-state index >= 15 is 0 Å². The number of carbonyl (C=O) groups is 2. The number of hydrogen-bond donors (Lipinski definition) is 2. The van der Waals surface area contributed by atoms with E-state index in [1.165, 1.54) is 0 Å². The van der Waals surface area contributed by atoms with Crippen LogP contribution in [0.1, 0.15) is 25.6 Å². The molecule has 0 spiro atoms. The average Bonchev–Trinajstić information content (AvgIpc) is 3.06. The van der Waals surface area contributed by atoms with Gasteiger partial charge in [0.1, 0.15) is 11.5 Å². The van der Waals surface area contributed by atoms with Crippen LogP contribution in [-0.2, 0) is 6.54 Å². The maximum absolute atomic E-state index is 12.2. The lowest BCUT2D eigenvalue weighted by Crippen LogP contribution is -2.22. The zero-order chi connectivity index (χ0) is 18.5. The first kappa shape index (κ1) is 18.2. The van der Waals surface area contributed by atoms with Gasteiger partial charge >= 0.3 is 0 Å². The third-order valence-electron chi connectivity index (χ3n) is 3.54. The van der Waals surface area contributed by atoms with Crippen molar-refractivity contribution in [3.05, 3.63) is 80.5 Å². The number of rotatable bonds is 6. The van der Waals surface area contributed by atoms with Crippen LogP contribution in [0.25, 0.3) is 0 Å². The summed E-state index contributed by atoms with van der Waals surface area (Å²) in [6.45, 7) is 0.486. The zero-order valence-corrected chi connectivity index (χ0v) is 16.0. The van der Waals surface area contributed by atoms with Gasteiger partial charge < -0.3 is 15.8 Å². The second kappa shape index (κ2) is 8.16. The minimum atomic E-state index is -0.484. The molecule has 0 aliphatic rings. The summed E-state index contributed by atoms with van der Waals surface area (Å²) < 4.78 is 6.70. The van der Waals surface area contributed by atoms with E-state index < -0.39 is 5.91 Å². The largest absolute Gasteiger partial charge is 0.457 e. The van der Waals surface area contributed by atoms with Gasteiger partial charge in [0.25, 0.3) is 5.91 Å². The first-order valence-corrected chi connectivity index (χ1v) is 9.37. The molecule has 3 N–H and O–H groups in total. The Morgan fingerprint density at radius 2 is 1.58 bits per heavy atom. The molecule has 0 radical (unpaired) electrons. The predicted molar refractivity (Wildman–Crippen MR) is 105 cm³/mol. The Morgan fingerprint density at radius 3 is 2.08 bits per heavy atom. The lowest BCUT2D eigenvalue weighted by Gasteiger charge is -2.08. The minimum Gasteiger partial charge on any atom is -0.457 e. The van der Waals surface area contributed by atoms with Crippen molar-refractivity contribution in [2.24, 2.45) is 5.73 Å². The van der Waals surface area contributed by atoms with Crippen molar-refractivity contribution in [2.45, 2.75) is 6.54 Å². The van der Waals surface area contributed by atoms with Crippen molar-refractivity contribution in [2.75, 3.05) is 0 Å². The Kier molecular flexibility index (Phi) is 5.70. The van der Waals surface area contributed by atoms with E-state index in [2.05, 4.69) is 21.2 Å². The van der Waals surface area contributed by atoms with Crippen LogP contribution in [0, 0.1) is 0 Å².